The third-order valence-corrected chi connectivity index (χ3v) is 3.38. The molecule has 0 bridgehead atoms. The van der Waals surface area contributed by atoms with Gasteiger partial charge in [0.15, 0.2) is 0 Å². The summed E-state index contributed by atoms with van der Waals surface area (Å²) in [6.07, 6.45) is 3.87. The quantitative estimate of drug-likeness (QED) is 0.748. The molecule has 98 valence electrons. The van der Waals surface area contributed by atoms with E-state index < -0.39 is 5.60 Å². The summed E-state index contributed by atoms with van der Waals surface area (Å²) in [4.78, 5) is 12.0. The zero-order valence-corrected chi connectivity index (χ0v) is 11.8. The molecule has 2 heteroatoms. The minimum absolute atomic E-state index is 0.120. The molecule has 1 aliphatic rings. The molecule has 0 aromatic heterocycles. The van der Waals surface area contributed by atoms with Gasteiger partial charge in [-0.15, -0.1) is 0 Å². The molecule has 0 unspecified atom stereocenters. The first-order valence-electron chi connectivity index (χ1n) is 6.69. The van der Waals surface area contributed by atoms with Crippen molar-refractivity contribution in [1.29, 1.82) is 0 Å². The minimum atomic E-state index is -0.400. The van der Waals surface area contributed by atoms with Crippen molar-refractivity contribution in [2.75, 3.05) is 0 Å². The number of hydrogen-bond acceptors (Lipinski definition) is 2. The average molecular weight is 246 g/mol. The van der Waals surface area contributed by atoms with E-state index in [9.17, 15) is 4.79 Å². The minimum Gasteiger partial charge on any atom is -0.460 e. The summed E-state index contributed by atoms with van der Waals surface area (Å²) in [5, 5.41) is 0. The molecular formula is C16H22O2. The molecule has 0 spiro atoms. The monoisotopic (exact) mass is 246 g/mol. The largest absolute Gasteiger partial charge is 0.460 e. The van der Waals surface area contributed by atoms with Crippen LogP contribution in [0.2, 0.25) is 0 Å². The van der Waals surface area contributed by atoms with Crippen LogP contribution in [0.1, 0.15) is 49.4 Å². The Labute approximate surface area is 109 Å². The molecule has 0 radical (unpaired) electrons. The smallest absolute Gasteiger partial charge is 0.310 e. The molecule has 1 aromatic carbocycles. The second-order valence-corrected chi connectivity index (χ2v) is 6.12. The maximum Gasteiger partial charge on any atom is 0.310 e. The van der Waals surface area contributed by atoms with Crippen molar-refractivity contribution in [3.05, 3.63) is 34.4 Å². The van der Waals surface area contributed by atoms with Gasteiger partial charge in [0.2, 0.25) is 0 Å². The Balaban J connectivity index is 2.19. The third kappa shape index (κ3) is 2.92. The van der Waals surface area contributed by atoms with Crippen molar-refractivity contribution in [2.24, 2.45) is 0 Å². The van der Waals surface area contributed by atoms with Crippen molar-refractivity contribution in [1.82, 2.24) is 0 Å². The molecule has 2 nitrogen and oxygen atoms in total. The van der Waals surface area contributed by atoms with Gasteiger partial charge < -0.3 is 4.74 Å². The summed E-state index contributed by atoms with van der Waals surface area (Å²) in [5.41, 5.74) is 4.81. The van der Waals surface area contributed by atoms with E-state index >= 15 is 0 Å². The van der Waals surface area contributed by atoms with Crippen LogP contribution in [0.3, 0.4) is 0 Å². The molecule has 18 heavy (non-hydrogen) atoms. The van der Waals surface area contributed by atoms with Crippen LogP contribution in [0.5, 0.6) is 0 Å². The molecule has 0 saturated carbocycles. The first-order chi connectivity index (χ1) is 8.37. The molecule has 0 N–H and O–H groups in total. The lowest BCUT2D eigenvalue weighted by Crippen LogP contribution is -2.25. The lowest BCUT2D eigenvalue weighted by Gasteiger charge is -2.20. The van der Waals surface area contributed by atoms with Gasteiger partial charge in [-0.3, -0.25) is 4.79 Å². The number of aryl methyl sites for hydroxylation is 2. The predicted octanol–water partition coefficient (Wildman–Crippen LogP) is 3.37. The number of hydrogen-bond donors (Lipinski definition) is 0. The molecule has 1 aromatic rings. The Morgan fingerprint density at radius 3 is 2.67 bits per heavy atom. The first-order valence-corrected chi connectivity index (χ1v) is 6.69. The maximum atomic E-state index is 12.0. The number of esters is 1. The second-order valence-electron chi connectivity index (χ2n) is 6.12. The number of rotatable bonds is 2. The second kappa shape index (κ2) is 4.75. The lowest BCUT2D eigenvalue weighted by molar-refractivity contribution is -0.153. The Kier molecular flexibility index (Phi) is 3.47. The van der Waals surface area contributed by atoms with Crippen LogP contribution in [0.25, 0.3) is 0 Å². The number of benzene rings is 1. The zero-order valence-electron chi connectivity index (χ0n) is 11.8. The van der Waals surface area contributed by atoms with Gasteiger partial charge in [0, 0.05) is 0 Å². The molecule has 2 rings (SSSR count). The van der Waals surface area contributed by atoms with Crippen molar-refractivity contribution in [2.45, 2.75) is 59.0 Å². The van der Waals surface area contributed by atoms with E-state index in [-0.39, 0.29) is 5.97 Å². The normalized spacial score (nSPS) is 14.4. The number of ether oxygens (including phenoxy) is 1. The average Bonchev–Trinajstić information content (AvgIpc) is 2.67. The summed E-state index contributed by atoms with van der Waals surface area (Å²) in [7, 11) is 0. The predicted molar refractivity (Wildman–Crippen MR) is 72.8 cm³/mol. The molecule has 0 saturated heterocycles. The van der Waals surface area contributed by atoms with Gasteiger partial charge in [-0.05, 0) is 69.2 Å². The third-order valence-electron chi connectivity index (χ3n) is 3.38. The Morgan fingerprint density at radius 2 is 2.00 bits per heavy atom. The Morgan fingerprint density at radius 1 is 1.28 bits per heavy atom. The van der Waals surface area contributed by atoms with E-state index in [1.807, 2.05) is 20.8 Å². The van der Waals surface area contributed by atoms with Crippen LogP contribution in [0.4, 0.5) is 0 Å². The zero-order chi connectivity index (χ0) is 13.3. The van der Waals surface area contributed by atoms with Gasteiger partial charge in [-0.25, -0.2) is 0 Å². The molecule has 0 heterocycles. The highest BCUT2D eigenvalue weighted by molar-refractivity contribution is 5.74. The van der Waals surface area contributed by atoms with E-state index in [0.717, 1.165) is 12.8 Å². The van der Waals surface area contributed by atoms with Gasteiger partial charge in [0.25, 0.3) is 0 Å². The van der Waals surface area contributed by atoms with Crippen LogP contribution >= 0.6 is 0 Å². The van der Waals surface area contributed by atoms with Gasteiger partial charge in [-0.2, -0.15) is 0 Å². The number of carbonyl (C=O) groups is 1. The van der Waals surface area contributed by atoms with Crippen molar-refractivity contribution >= 4 is 5.97 Å². The highest BCUT2D eigenvalue weighted by Crippen LogP contribution is 2.28. The van der Waals surface area contributed by atoms with E-state index in [1.54, 1.807) is 0 Å². The summed E-state index contributed by atoms with van der Waals surface area (Å²) in [6, 6.07) is 4.33. The summed E-state index contributed by atoms with van der Waals surface area (Å²) >= 11 is 0. The van der Waals surface area contributed by atoms with E-state index in [1.165, 1.54) is 28.7 Å². The fraction of sp³-hybridized carbons (Fsp3) is 0.562. The van der Waals surface area contributed by atoms with Crippen LogP contribution in [-0.4, -0.2) is 11.6 Å². The van der Waals surface area contributed by atoms with Crippen LogP contribution in [-0.2, 0) is 28.8 Å². The van der Waals surface area contributed by atoms with Gasteiger partial charge in [-0.1, -0.05) is 12.1 Å². The molecule has 0 atom stereocenters. The van der Waals surface area contributed by atoms with Gasteiger partial charge in [0.1, 0.15) is 5.60 Å². The fourth-order valence-electron chi connectivity index (χ4n) is 2.63. The molecule has 0 aliphatic heterocycles. The van der Waals surface area contributed by atoms with Crippen LogP contribution < -0.4 is 0 Å². The summed E-state index contributed by atoms with van der Waals surface area (Å²) in [6.45, 7) is 7.81. The number of carbonyl (C=O) groups excluding carboxylic acids is 1. The van der Waals surface area contributed by atoms with E-state index in [2.05, 4.69) is 19.1 Å². The fourth-order valence-corrected chi connectivity index (χ4v) is 2.63. The van der Waals surface area contributed by atoms with Crippen molar-refractivity contribution < 1.29 is 9.53 Å². The molecule has 0 amide bonds. The SMILES string of the molecule is Cc1ccc2c(c1CC(=O)OC(C)(C)C)CCC2. The van der Waals surface area contributed by atoms with E-state index in [4.69, 9.17) is 4.74 Å². The lowest BCUT2D eigenvalue weighted by atomic mass is 9.96. The molecule has 1 aliphatic carbocycles. The topological polar surface area (TPSA) is 26.3 Å². The molecular weight excluding hydrogens is 224 g/mol. The van der Waals surface area contributed by atoms with Crippen LogP contribution in [0.15, 0.2) is 12.1 Å². The summed E-state index contributed by atoms with van der Waals surface area (Å²) in [5.74, 6) is -0.120. The highest BCUT2D eigenvalue weighted by atomic mass is 16.6. The highest BCUT2D eigenvalue weighted by Gasteiger charge is 2.21. The Bertz CT molecular complexity index is 467. The number of fused-ring (bicyclic) bond motifs is 1. The first kappa shape index (κ1) is 13.1. The van der Waals surface area contributed by atoms with Crippen molar-refractivity contribution in [3.8, 4) is 0 Å². The standard InChI is InChI=1S/C16H22O2/c1-11-8-9-12-6-5-7-13(12)14(11)10-15(17)18-16(2,3)4/h8-9H,5-7,10H2,1-4H3. The van der Waals surface area contributed by atoms with Gasteiger partial charge >= 0.3 is 5.97 Å². The van der Waals surface area contributed by atoms with Gasteiger partial charge in [0.05, 0.1) is 6.42 Å². The maximum absolute atomic E-state index is 12.0. The molecule has 0 fully saturated rings. The van der Waals surface area contributed by atoms with Crippen LogP contribution in [0, 0.1) is 6.92 Å². The summed E-state index contributed by atoms with van der Waals surface area (Å²) < 4.78 is 5.42. The Hall–Kier alpha value is -1.31. The van der Waals surface area contributed by atoms with Crippen molar-refractivity contribution in [3.63, 3.8) is 0 Å². The van der Waals surface area contributed by atoms with E-state index in [0.29, 0.717) is 6.42 Å².